The van der Waals surface area contributed by atoms with Crippen LogP contribution in [0, 0.1) is 13.8 Å². The first-order chi connectivity index (χ1) is 8.92. The van der Waals surface area contributed by atoms with Gasteiger partial charge >= 0.3 is 0 Å². The molecule has 0 aliphatic carbocycles. The number of benzene rings is 1. The Kier molecular flexibility index (Phi) is 3.44. The highest BCUT2D eigenvalue weighted by Gasteiger charge is 2.20. The lowest BCUT2D eigenvalue weighted by atomic mass is 10.2. The molecule has 0 radical (unpaired) electrons. The Hall–Kier alpha value is -2.08. The molecule has 0 bridgehead atoms. The molecule has 2 rings (SSSR count). The van der Waals surface area contributed by atoms with Crippen LogP contribution in [0.4, 0.5) is 11.4 Å². The van der Waals surface area contributed by atoms with Crippen molar-refractivity contribution in [1.82, 2.24) is 4.98 Å². The summed E-state index contributed by atoms with van der Waals surface area (Å²) in [5.74, 6) is 0. The summed E-state index contributed by atoms with van der Waals surface area (Å²) in [6, 6.07) is 6.62. The number of nitrogens with zero attached hydrogens (tertiary/aromatic N) is 1. The summed E-state index contributed by atoms with van der Waals surface area (Å²) >= 11 is 0. The fraction of sp³-hybridized carbons (Fsp3) is 0.154. The largest absolute Gasteiger partial charge is 0.398 e. The van der Waals surface area contributed by atoms with E-state index in [1.165, 1.54) is 6.20 Å². The number of pyridine rings is 1. The first-order valence-electron chi connectivity index (χ1n) is 5.70. The molecule has 0 unspecified atom stereocenters. The highest BCUT2D eigenvalue weighted by Crippen LogP contribution is 2.25. The first-order valence-corrected chi connectivity index (χ1v) is 7.18. The Balaban J connectivity index is 2.47. The third-order valence-corrected chi connectivity index (χ3v) is 4.36. The molecule has 0 aliphatic rings. The number of nitrogens with one attached hydrogen (secondary N) is 1. The van der Waals surface area contributed by atoms with Crippen molar-refractivity contribution in [3.05, 3.63) is 47.8 Å². The molecule has 0 saturated carbocycles. The molecule has 0 fully saturated rings. The average Bonchev–Trinajstić information content (AvgIpc) is 2.31. The summed E-state index contributed by atoms with van der Waals surface area (Å²) in [6.07, 6.45) is 3.13. The van der Waals surface area contributed by atoms with E-state index in [-0.39, 0.29) is 10.6 Å². The molecule has 0 atom stereocenters. The predicted octanol–water partition coefficient (Wildman–Crippen LogP) is 2.08. The molecule has 0 saturated heterocycles. The van der Waals surface area contributed by atoms with Crippen molar-refractivity contribution in [2.45, 2.75) is 18.7 Å². The molecule has 6 heteroatoms. The van der Waals surface area contributed by atoms with Gasteiger partial charge in [0.15, 0.2) is 0 Å². The molecule has 3 N–H and O–H groups in total. The number of sulfonamides is 1. The van der Waals surface area contributed by atoms with Gasteiger partial charge in [-0.15, -0.1) is 0 Å². The zero-order valence-corrected chi connectivity index (χ0v) is 11.5. The van der Waals surface area contributed by atoms with Gasteiger partial charge in [0.25, 0.3) is 10.0 Å². The first kappa shape index (κ1) is 13.4. The van der Waals surface area contributed by atoms with Crippen LogP contribution in [0.1, 0.15) is 11.1 Å². The lowest BCUT2D eigenvalue weighted by Gasteiger charge is -2.13. The van der Waals surface area contributed by atoms with Gasteiger partial charge < -0.3 is 5.73 Å². The van der Waals surface area contributed by atoms with Crippen molar-refractivity contribution in [3.8, 4) is 0 Å². The van der Waals surface area contributed by atoms with Crippen molar-refractivity contribution in [3.63, 3.8) is 0 Å². The van der Waals surface area contributed by atoms with E-state index in [1.54, 1.807) is 44.3 Å². The third-order valence-electron chi connectivity index (χ3n) is 2.78. The number of rotatable bonds is 3. The molecule has 19 heavy (non-hydrogen) atoms. The highest BCUT2D eigenvalue weighted by molar-refractivity contribution is 7.93. The SMILES string of the molecule is Cc1cnccc1NS(=O)(=O)c1c(C)cccc1N. The molecule has 100 valence electrons. The third kappa shape index (κ3) is 2.68. The predicted molar refractivity (Wildman–Crippen MR) is 75.4 cm³/mol. The van der Waals surface area contributed by atoms with Crippen molar-refractivity contribution in [1.29, 1.82) is 0 Å². The molecular weight excluding hydrogens is 262 g/mol. The maximum Gasteiger partial charge on any atom is 0.264 e. The Bertz CT molecular complexity index is 691. The molecule has 1 aromatic carbocycles. The summed E-state index contributed by atoms with van der Waals surface area (Å²) < 4.78 is 27.3. The number of nitrogen functional groups attached to an aromatic ring is 1. The van der Waals surface area contributed by atoms with Crippen LogP contribution in [0.5, 0.6) is 0 Å². The summed E-state index contributed by atoms with van der Waals surface area (Å²) in [5.41, 5.74) is 7.86. The topological polar surface area (TPSA) is 85.1 Å². The highest BCUT2D eigenvalue weighted by atomic mass is 32.2. The average molecular weight is 277 g/mol. The molecule has 2 aromatic rings. The number of aromatic nitrogens is 1. The van der Waals surface area contributed by atoms with E-state index in [2.05, 4.69) is 9.71 Å². The minimum atomic E-state index is -3.70. The second-order valence-corrected chi connectivity index (χ2v) is 5.91. The van der Waals surface area contributed by atoms with Gasteiger partial charge in [0.05, 0.1) is 11.4 Å². The van der Waals surface area contributed by atoms with E-state index in [4.69, 9.17) is 5.73 Å². The van der Waals surface area contributed by atoms with Crippen LogP contribution >= 0.6 is 0 Å². The zero-order chi connectivity index (χ0) is 14.0. The maximum absolute atomic E-state index is 12.4. The number of aryl methyl sites for hydroxylation is 2. The summed E-state index contributed by atoms with van der Waals surface area (Å²) in [4.78, 5) is 4.04. The van der Waals surface area contributed by atoms with Gasteiger partial charge in [-0.2, -0.15) is 0 Å². The fourth-order valence-electron chi connectivity index (χ4n) is 1.83. The van der Waals surface area contributed by atoms with Crippen LogP contribution in [0.2, 0.25) is 0 Å². The Labute approximate surface area is 112 Å². The van der Waals surface area contributed by atoms with Crippen molar-refractivity contribution in [2.75, 3.05) is 10.5 Å². The van der Waals surface area contributed by atoms with Crippen LogP contribution in [0.25, 0.3) is 0 Å². The minimum absolute atomic E-state index is 0.117. The van der Waals surface area contributed by atoms with Gasteiger partial charge in [0.1, 0.15) is 4.90 Å². The van der Waals surface area contributed by atoms with Crippen molar-refractivity contribution >= 4 is 21.4 Å². The van der Waals surface area contributed by atoms with E-state index >= 15 is 0 Å². The summed E-state index contributed by atoms with van der Waals surface area (Å²) in [7, 11) is -3.70. The quantitative estimate of drug-likeness (QED) is 0.841. The number of hydrogen-bond acceptors (Lipinski definition) is 4. The van der Waals surface area contributed by atoms with E-state index in [1.807, 2.05) is 0 Å². The Morgan fingerprint density at radius 2 is 1.89 bits per heavy atom. The molecule has 1 heterocycles. The van der Waals surface area contributed by atoms with E-state index < -0.39 is 10.0 Å². The zero-order valence-electron chi connectivity index (χ0n) is 10.7. The lowest BCUT2D eigenvalue weighted by Crippen LogP contribution is -2.16. The number of hydrogen-bond donors (Lipinski definition) is 2. The monoisotopic (exact) mass is 277 g/mol. The van der Waals surface area contributed by atoms with E-state index in [0.29, 0.717) is 11.3 Å². The summed E-state index contributed by atoms with van der Waals surface area (Å²) in [6.45, 7) is 3.50. The fourth-order valence-corrected chi connectivity index (χ4v) is 3.32. The molecule has 5 nitrogen and oxygen atoms in total. The van der Waals surface area contributed by atoms with Crippen molar-refractivity contribution < 1.29 is 8.42 Å². The van der Waals surface area contributed by atoms with Crippen LogP contribution < -0.4 is 10.5 Å². The Morgan fingerprint density at radius 1 is 1.16 bits per heavy atom. The van der Waals surface area contributed by atoms with Crippen LogP contribution in [-0.4, -0.2) is 13.4 Å². The molecule has 1 aromatic heterocycles. The maximum atomic E-state index is 12.4. The standard InChI is InChI=1S/C13H15N3O2S/c1-9-4-3-5-11(14)13(9)19(17,18)16-12-6-7-15-8-10(12)2/h3-8H,14H2,1-2H3,(H,15,16). The van der Waals surface area contributed by atoms with Gasteiger partial charge in [-0.25, -0.2) is 8.42 Å². The normalized spacial score (nSPS) is 11.3. The molecular formula is C13H15N3O2S. The van der Waals surface area contributed by atoms with E-state index in [0.717, 1.165) is 5.56 Å². The molecule has 0 amide bonds. The van der Waals surface area contributed by atoms with Gasteiger partial charge in [-0.1, -0.05) is 12.1 Å². The van der Waals surface area contributed by atoms with Crippen LogP contribution in [-0.2, 0) is 10.0 Å². The number of nitrogens with two attached hydrogens (primary N) is 1. The van der Waals surface area contributed by atoms with Crippen LogP contribution in [0.3, 0.4) is 0 Å². The van der Waals surface area contributed by atoms with Crippen molar-refractivity contribution in [2.24, 2.45) is 0 Å². The van der Waals surface area contributed by atoms with E-state index in [9.17, 15) is 8.42 Å². The summed E-state index contributed by atoms with van der Waals surface area (Å²) in [5, 5.41) is 0. The Morgan fingerprint density at radius 3 is 2.53 bits per heavy atom. The van der Waals surface area contributed by atoms with Gasteiger partial charge in [-0.05, 0) is 37.1 Å². The minimum Gasteiger partial charge on any atom is -0.398 e. The van der Waals surface area contributed by atoms with Gasteiger partial charge in [0.2, 0.25) is 0 Å². The van der Waals surface area contributed by atoms with Gasteiger partial charge in [0, 0.05) is 12.4 Å². The smallest absolute Gasteiger partial charge is 0.264 e. The number of anilines is 2. The lowest BCUT2D eigenvalue weighted by molar-refractivity contribution is 0.601. The second kappa shape index (κ2) is 4.89. The van der Waals surface area contributed by atoms with Gasteiger partial charge in [-0.3, -0.25) is 9.71 Å². The molecule has 0 aliphatic heterocycles. The van der Waals surface area contributed by atoms with Crippen LogP contribution in [0.15, 0.2) is 41.6 Å². The molecule has 0 spiro atoms. The second-order valence-electron chi connectivity index (χ2n) is 4.29.